The third kappa shape index (κ3) is 7.58. The van der Waals surface area contributed by atoms with Crippen molar-refractivity contribution >= 4 is 30.8 Å². The Morgan fingerprint density at radius 2 is 2.12 bits per heavy atom. The second kappa shape index (κ2) is 8.82. The van der Waals surface area contributed by atoms with Gasteiger partial charge in [0.25, 0.3) is 0 Å². The van der Waals surface area contributed by atoms with Gasteiger partial charge in [0.15, 0.2) is 5.96 Å². The van der Waals surface area contributed by atoms with E-state index in [9.17, 15) is 9.59 Å². The van der Waals surface area contributed by atoms with Gasteiger partial charge in [-0.25, -0.2) is 0 Å². The highest BCUT2D eigenvalue weighted by molar-refractivity contribution is 7.80. The number of nitrogens with two attached hydrogens (primary N) is 3. The maximum atomic E-state index is 11.5. The van der Waals surface area contributed by atoms with Crippen LogP contribution in [0.1, 0.15) is 12.8 Å². The molecule has 0 aromatic rings. The van der Waals surface area contributed by atoms with Gasteiger partial charge in [-0.05, 0) is 12.8 Å². The Labute approximate surface area is 106 Å². The molecule has 0 aliphatic heterocycles. The number of hydrogen-bond donors (Lipinski definition) is 5. The van der Waals surface area contributed by atoms with Crippen molar-refractivity contribution in [2.45, 2.75) is 24.9 Å². The van der Waals surface area contributed by atoms with Gasteiger partial charge >= 0.3 is 0 Å². The minimum absolute atomic E-state index is 0.0131. The molecular formula is C9H19N5O2S. The predicted octanol–water partition coefficient (Wildman–Crippen LogP) is -2.02. The molecule has 0 spiro atoms. The van der Waals surface area contributed by atoms with Crippen LogP contribution in [0.2, 0.25) is 0 Å². The van der Waals surface area contributed by atoms with E-state index in [1.54, 1.807) is 0 Å². The standard InChI is InChI=1S/C9H19N5O2S/c10-7(2-1-3-13-9(11)12)8(16)14-6(4-15)5-17/h4,6-7,17H,1-3,5,10H2,(H,14,16)(H4,11,12,13). The number of carbonyl (C=O) groups excluding carboxylic acids is 2. The number of carbonyl (C=O) groups is 2. The maximum absolute atomic E-state index is 11.5. The van der Waals surface area contributed by atoms with E-state index < -0.39 is 12.1 Å². The fraction of sp³-hybridized carbons (Fsp3) is 0.667. The van der Waals surface area contributed by atoms with E-state index in [0.717, 1.165) is 0 Å². The van der Waals surface area contributed by atoms with Gasteiger partial charge in [-0.3, -0.25) is 9.79 Å². The zero-order valence-electron chi connectivity index (χ0n) is 9.50. The first-order valence-electron chi connectivity index (χ1n) is 5.18. The van der Waals surface area contributed by atoms with Crippen molar-refractivity contribution in [3.05, 3.63) is 0 Å². The Morgan fingerprint density at radius 1 is 1.47 bits per heavy atom. The molecule has 0 bridgehead atoms. The molecular weight excluding hydrogens is 242 g/mol. The lowest BCUT2D eigenvalue weighted by atomic mass is 10.1. The Bertz CT molecular complexity index is 281. The molecule has 8 heteroatoms. The Kier molecular flexibility index (Phi) is 8.16. The zero-order valence-corrected chi connectivity index (χ0v) is 10.4. The van der Waals surface area contributed by atoms with Crippen LogP contribution in [0.15, 0.2) is 4.99 Å². The summed E-state index contributed by atoms with van der Waals surface area (Å²) in [5.74, 6) is -0.115. The van der Waals surface area contributed by atoms with Crippen LogP contribution in [0.5, 0.6) is 0 Å². The average Bonchev–Trinajstić information content (AvgIpc) is 2.30. The number of thiol groups is 1. The van der Waals surface area contributed by atoms with E-state index in [0.29, 0.717) is 25.7 Å². The first-order chi connectivity index (χ1) is 8.01. The fourth-order valence-corrected chi connectivity index (χ4v) is 1.24. The molecule has 1 amide bonds. The van der Waals surface area contributed by atoms with E-state index in [2.05, 4.69) is 22.9 Å². The highest BCUT2D eigenvalue weighted by Gasteiger charge is 2.16. The summed E-state index contributed by atoms with van der Waals surface area (Å²) in [5, 5.41) is 2.47. The first kappa shape index (κ1) is 15.7. The Balaban J connectivity index is 3.89. The van der Waals surface area contributed by atoms with E-state index in [1.165, 1.54) is 0 Å². The molecule has 0 aliphatic rings. The largest absolute Gasteiger partial charge is 0.370 e. The number of guanidine groups is 1. The molecule has 0 aromatic heterocycles. The van der Waals surface area contributed by atoms with E-state index >= 15 is 0 Å². The summed E-state index contributed by atoms with van der Waals surface area (Å²) in [6.45, 7) is 0.424. The van der Waals surface area contributed by atoms with Crippen LogP contribution in [0.25, 0.3) is 0 Å². The van der Waals surface area contributed by atoms with Gasteiger partial charge in [-0.2, -0.15) is 12.6 Å². The van der Waals surface area contributed by atoms with Gasteiger partial charge in [0.2, 0.25) is 5.91 Å². The third-order valence-electron chi connectivity index (χ3n) is 1.99. The highest BCUT2D eigenvalue weighted by Crippen LogP contribution is 1.96. The number of aliphatic imine (C=N–C) groups is 1. The van der Waals surface area contributed by atoms with Gasteiger partial charge in [0, 0.05) is 12.3 Å². The van der Waals surface area contributed by atoms with Gasteiger partial charge in [-0.15, -0.1) is 0 Å². The molecule has 0 rings (SSSR count). The van der Waals surface area contributed by atoms with Crippen molar-refractivity contribution in [3.8, 4) is 0 Å². The lowest BCUT2D eigenvalue weighted by molar-refractivity contribution is -0.124. The second-order valence-electron chi connectivity index (χ2n) is 3.49. The lowest BCUT2D eigenvalue weighted by Crippen LogP contribution is -2.46. The number of amides is 1. The molecule has 0 heterocycles. The Hall–Kier alpha value is -1.28. The van der Waals surface area contributed by atoms with E-state index in [4.69, 9.17) is 17.2 Å². The van der Waals surface area contributed by atoms with Crippen molar-refractivity contribution in [2.75, 3.05) is 12.3 Å². The summed E-state index contributed by atoms with van der Waals surface area (Å²) in [6.07, 6.45) is 1.66. The summed E-state index contributed by atoms with van der Waals surface area (Å²) in [4.78, 5) is 25.7. The monoisotopic (exact) mass is 261 g/mol. The summed E-state index contributed by atoms with van der Waals surface area (Å²) < 4.78 is 0. The summed E-state index contributed by atoms with van der Waals surface area (Å²) in [5.41, 5.74) is 15.9. The van der Waals surface area contributed by atoms with Gasteiger partial charge < -0.3 is 27.3 Å². The summed E-state index contributed by atoms with van der Waals surface area (Å²) in [7, 11) is 0. The molecule has 0 aromatic carbocycles. The van der Waals surface area contributed by atoms with Crippen molar-refractivity contribution in [1.82, 2.24) is 5.32 Å². The normalized spacial score (nSPS) is 13.5. The van der Waals surface area contributed by atoms with Gasteiger partial charge in [-0.1, -0.05) is 0 Å². The molecule has 7 N–H and O–H groups in total. The second-order valence-corrected chi connectivity index (χ2v) is 3.85. The van der Waals surface area contributed by atoms with Crippen LogP contribution in [0, 0.1) is 0 Å². The number of hydrogen-bond acceptors (Lipinski definition) is 5. The summed E-state index contributed by atoms with van der Waals surface area (Å²) in [6, 6.07) is -1.28. The predicted molar refractivity (Wildman–Crippen MR) is 69.7 cm³/mol. The maximum Gasteiger partial charge on any atom is 0.237 e. The molecule has 17 heavy (non-hydrogen) atoms. The molecule has 2 unspecified atom stereocenters. The molecule has 0 saturated carbocycles. The molecule has 7 nitrogen and oxygen atoms in total. The van der Waals surface area contributed by atoms with Gasteiger partial charge in [0.1, 0.15) is 6.29 Å². The average molecular weight is 261 g/mol. The van der Waals surface area contributed by atoms with Crippen molar-refractivity contribution in [3.63, 3.8) is 0 Å². The number of rotatable bonds is 8. The molecule has 0 fully saturated rings. The first-order valence-corrected chi connectivity index (χ1v) is 5.82. The lowest BCUT2D eigenvalue weighted by Gasteiger charge is -2.14. The van der Waals surface area contributed by atoms with Crippen LogP contribution < -0.4 is 22.5 Å². The number of nitrogens with one attached hydrogen (secondary N) is 1. The molecule has 0 aliphatic carbocycles. The number of nitrogens with zero attached hydrogens (tertiary/aromatic N) is 1. The smallest absolute Gasteiger partial charge is 0.237 e. The van der Waals surface area contributed by atoms with Crippen LogP contribution in [-0.4, -0.2) is 42.5 Å². The Morgan fingerprint density at radius 3 is 2.59 bits per heavy atom. The third-order valence-corrected chi connectivity index (χ3v) is 2.39. The molecule has 98 valence electrons. The van der Waals surface area contributed by atoms with Crippen molar-refractivity contribution in [2.24, 2.45) is 22.2 Å². The van der Waals surface area contributed by atoms with E-state index in [-0.39, 0.29) is 17.6 Å². The van der Waals surface area contributed by atoms with Crippen LogP contribution in [0.4, 0.5) is 0 Å². The topological polar surface area (TPSA) is 137 Å². The van der Waals surface area contributed by atoms with Crippen molar-refractivity contribution < 1.29 is 9.59 Å². The van der Waals surface area contributed by atoms with Crippen LogP contribution in [0.3, 0.4) is 0 Å². The molecule has 0 saturated heterocycles. The summed E-state index contributed by atoms with van der Waals surface area (Å²) >= 11 is 3.91. The number of aldehydes is 1. The van der Waals surface area contributed by atoms with Crippen LogP contribution in [-0.2, 0) is 9.59 Å². The molecule has 2 atom stereocenters. The minimum Gasteiger partial charge on any atom is -0.370 e. The van der Waals surface area contributed by atoms with E-state index in [1.807, 2.05) is 0 Å². The minimum atomic E-state index is -0.675. The molecule has 0 radical (unpaired) electrons. The van der Waals surface area contributed by atoms with Crippen LogP contribution >= 0.6 is 12.6 Å². The highest BCUT2D eigenvalue weighted by atomic mass is 32.1. The SMILES string of the molecule is NC(N)=NCCCC(N)C(=O)NC(C=O)CS. The quantitative estimate of drug-likeness (QED) is 0.113. The zero-order chi connectivity index (χ0) is 13.3. The van der Waals surface area contributed by atoms with Gasteiger partial charge in [0.05, 0.1) is 12.1 Å². The van der Waals surface area contributed by atoms with Crippen molar-refractivity contribution in [1.29, 1.82) is 0 Å². The fourth-order valence-electron chi connectivity index (χ4n) is 1.06.